The van der Waals surface area contributed by atoms with Crippen molar-refractivity contribution >= 4 is 11.0 Å². The van der Waals surface area contributed by atoms with E-state index in [1.165, 1.54) is 11.1 Å². The highest BCUT2D eigenvalue weighted by atomic mass is 16.3. The minimum Gasteiger partial charge on any atom is -0.507 e. The molecule has 8 aromatic rings. The fourth-order valence-corrected chi connectivity index (χ4v) is 6.41. The molecule has 0 bridgehead atoms. The summed E-state index contributed by atoms with van der Waals surface area (Å²) >= 11 is 0. The number of hydrogen-bond acceptors (Lipinski definition) is 3. The van der Waals surface area contributed by atoms with Gasteiger partial charge in [0, 0.05) is 29.9 Å². The van der Waals surface area contributed by atoms with Gasteiger partial charge in [0.2, 0.25) is 0 Å². The van der Waals surface area contributed by atoms with E-state index in [0.29, 0.717) is 11.4 Å². The molecule has 0 radical (unpaired) electrons. The van der Waals surface area contributed by atoms with Crippen molar-refractivity contribution in [3.8, 4) is 72.9 Å². The van der Waals surface area contributed by atoms with E-state index in [1.54, 1.807) is 6.07 Å². The van der Waals surface area contributed by atoms with Crippen molar-refractivity contribution < 1.29 is 5.11 Å². The molecule has 0 saturated heterocycles. The van der Waals surface area contributed by atoms with Gasteiger partial charge < -0.3 is 9.67 Å². The van der Waals surface area contributed by atoms with Gasteiger partial charge in [0.05, 0.1) is 22.3 Å². The van der Waals surface area contributed by atoms with Crippen LogP contribution in [-0.2, 0) is 7.05 Å². The summed E-state index contributed by atoms with van der Waals surface area (Å²) < 4.78 is 2.09. The first-order valence-electron chi connectivity index (χ1n) is 15.7. The minimum atomic E-state index is 0.205. The highest BCUT2D eigenvalue weighted by Crippen LogP contribution is 2.40. The molecule has 0 amide bonds. The normalized spacial score (nSPS) is 11.2. The van der Waals surface area contributed by atoms with E-state index >= 15 is 0 Å². The number of phenolic OH excluding ortho intramolecular Hbond substituents is 1. The lowest BCUT2D eigenvalue weighted by Gasteiger charge is -2.11. The molecule has 4 nitrogen and oxygen atoms in total. The zero-order valence-electron chi connectivity index (χ0n) is 25.9. The van der Waals surface area contributed by atoms with Gasteiger partial charge in [-0.15, -0.1) is 0 Å². The lowest BCUT2D eigenvalue weighted by atomic mass is 9.95. The van der Waals surface area contributed by atoms with Gasteiger partial charge >= 0.3 is 0 Å². The molecule has 2 heterocycles. The number of aryl methyl sites for hydroxylation is 1. The average molecular weight is 606 g/mol. The lowest BCUT2D eigenvalue weighted by Crippen LogP contribution is -1.94. The molecular weight excluding hydrogens is 574 g/mol. The number of aromatic hydroxyl groups is 1. The second-order valence-corrected chi connectivity index (χ2v) is 11.7. The molecule has 0 spiro atoms. The van der Waals surface area contributed by atoms with E-state index in [4.69, 9.17) is 9.97 Å². The summed E-state index contributed by atoms with van der Waals surface area (Å²) in [5, 5.41) is 10.8. The van der Waals surface area contributed by atoms with E-state index in [0.717, 1.165) is 55.7 Å². The van der Waals surface area contributed by atoms with Crippen LogP contribution in [0.15, 0.2) is 164 Å². The molecule has 224 valence electrons. The van der Waals surface area contributed by atoms with Crippen LogP contribution in [0.1, 0.15) is 0 Å². The van der Waals surface area contributed by atoms with Crippen molar-refractivity contribution in [1.29, 1.82) is 0 Å². The minimum absolute atomic E-state index is 0.205. The summed E-state index contributed by atoms with van der Waals surface area (Å²) in [7, 11) is 2.02. The molecule has 0 unspecified atom stereocenters. The molecule has 6 aromatic carbocycles. The zero-order valence-corrected chi connectivity index (χ0v) is 25.9. The summed E-state index contributed by atoms with van der Waals surface area (Å²) in [6, 6.07) is 53.9. The maximum atomic E-state index is 10.8. The summed E-state index contributed by atoms with van der Waals surface area (Å²) in [6.45, 7) is 0. The fraction of sp³-hybridized carbons (Fsp3) is 0.0233. The van der Waals surface area contributed by atoms with Crippen LogP contribution < -0.4 is 0 Å². The van der Waals surface area contributed by atoms with Crippen molar-refractivity contribution in [2.75, 3.05) is 0 Å². The quantitative estimate of drug-likeness (QED) is 0.205. The predicted molar refractivity (Wildman–Crippen MR) is 193 cm³/mol. The number of imidazole rings is 1. The molecule has 0 aliphatic rings. The van der Waals surface area contributed by atoms with Gasteiger partial charge in [0.25, 0.3) is 0 Å². The largest absolute Gasteiger partial charge is 0.507 e. The van der Waals surface area contributed by atoms with Crippen LogP contribution in [0, 0.1) is 0 Å². The lowest BCUT2D eigenvalue weighted by molar-refractivity contribution is 0.476. The monoisotopic (exact) mass is 605 g/mol. The second-order valence-electron chi connectivity index (χ2n) is 11.7. The van der Waals surface area contributed by atoms with E-state index in [9.17, 15) is 5.11 Å². The van der Waals surface area contributed by atoms with Crippen LogP contribution in [0.4, 0.5) is 0 Å². The number of phenols is 1. The Bertz CT molecular complexity index is 2360. The molecule has 0 aliphatic heterocycles. The molecule has 8 rings (SSSR count). The Morgan fingerprint density at radius 2 is 1.06 bits per heavy atom. The third kappa shape index (κ3) is 5.26. The maximum absolute atomic E-state index is 10.8. The van der Waals surface area contributed by atoms with E-state index in [1.807, 2.05) is 43.6 Å². The van der Waals surface area contributed by atoms with E-state index < -0.39 is 0 Å². The second kappa shape index (κ2) is 11.9. The van der Waals surface area contributed by atoms with Crippen molar-refractivity contribution in [1.82, 2.24) is 14.5 Å². The molecular formula is C43H31N3O. The third-order valence-corrected chi connectivity index (χ3v) is 8.81. The van der Waals surface area contributed by atoms with Gasteiger partial charge in [-0.05, 0) is 63.7 Å². The van der Waals surface area contributed by atoms with Gasteiger partial charge in [-0.25, -0.2) is 4.98 Å². The number of benzene rings is 6. The third-order valence-electron chi connectivity index (χ3n) is 8.81. The molecule has 4 heteroatoms. The number of hydrogen-bond donors (Lipinski definition) is 1. The van der Waals surface area contributed by atoms with Crippen LogP contribution in [0.2, 0.25) is 0 Å². The maximum Gasteiger partial charge on any atom is 0.144 e. The van der Waals surface area contributed by atoms with E-state index in [2.05, 4.69) is 126 Å². The molecule has 47 heavy (non-hydrogen) atoms. The number of para-hydroxylation sites is 1. The van der Waals surface area contributed by atoms with Gasteiger partial charge in [-0.2, -0.15) is 0 Å². The molecule has 2 aromatic heterocycles. The molecule has 0 saturated carbocycles. The fourth-order valence-electron chi connectivity index (χ4n) is 6.41. The van der Waals surface area contributed by atoms with Crippen LogP contribution in [0.25, 0.3) is 78.2 Å². The standard InChI is InChI=1S/C43H31N3O/c1-46-42-37(32-13-6-3-7-14-32)24-23-36(41(42)45-43(46)38-17-8-9-18-40(38)47)34-15-10-16-35(27-34)39-28-33(25-26-44-39)31-21-19-30(20-22-31)29-11-4-2-5-12-29/h2-28,47H,1H3. The number of fused-ring (bicyclic) bond motifs is 1. The summed E-state index contributed by atoms with van der Waals surface area (Å²) in [5.74, 6) is 0.919. The Hall–Kier alpha value is -6.26. The Balaban J connectivity index is 1.21. The van der Waals surface area contributed by atoms with Gasteiger partial charge in [-0.3, -0.25) is 4.98 Å². The van der Waals surface area contributed by atoms with Crippen LogP contribution in [0.3, 0.4) is 0 Å². The first kappa shape index (κ1) is 28.2. The molecule has 1 N–H and O–H groups in total. The Kier molecular flexibility index (Phi) is 7.16. The Morgan fingerprint density at radius 3 is 1.81 bits per heavy atom. The van der Waals surface area contributed by atoms with Crippen molar-refractivity contribution in [3.05, 3.63) is 164 Å². The van der Waals surface area contributed by atoms with Gasteiger partial charge in [0.1, 0.15) is 11.6 Å². The molecule has 0 aliphatic carbocycles. The van der Waals surface area contributed by atoms with Crippen LogP contribution >= 0.6 is 0 Å². The first-order chi connectivity index (χ1) is 23.1. The predicted octanol–water partition coefficient (Wildman–Crippen LogP) is 10.7. The van der Waals surface area contributed by atoms with Gasteiger partial charge in [0.15, 0.2) is 0 Å². The van der Waals surface area contributed by atoms with E-state index in [-0.39, 0.29) is 5.75 Å². The molecule has 0 atom stereocenters. The summed E-state index contributed by atoms with van der Waals surface area (Å²) in [6.07, 6.45) is 1.88. The van der Waals surface area contributed by atoms with Crippen molar-refractivity contribution in [3.63, 3.8) is 0 Å². The smallest absolute Gasteiger partial charge is 0.144 e. The number of rotatable bonds is 6. The van der Waals surface area contributed by atoms with Gasteiger partial charge in [-0.1, -0.05) is 127 Å². The number of nitrogens with zero attached hydrogens (tertiary/aromatic N) is 3. The topological polar surface area (TPSA) is 50.9 Å². The Morgan fingerprint density at radius 1 is 0.468 bits per heavy atom. The summed E-state index contributed by atoms with van der Waals surface area (Å²) in [5.41, 5.74) is 13.5. The van der Waals surface area contributed by atoms with Crippen LogP contribution in [-0.4, -0.2) is 19.6 Å². The number of pyridine rings is 1. The zero-order chi connectivity index (χ0) is 31.7. The Labute approximate surface area is 273 Å². The average Bonchev–Trinajstić information content (AvgIpc) is 3.49. The number of aromatic nitrogens is 3. The summed E-state index contributed by atoms with van der Waals surface area (Å²) in [4.78, 5) is 9.95. The molecule has 0 fully saturated rings. The highest BCUT2D eigenvalue weighted by Gasteiger charge is 2.20. The first-order valence-corrected chi connectivity index (χ1v) is 15.7. The van der Waals surface area contributed by atoms with Crippen LogP contribution in [0.5, 0.6) is 5.75 Å². The SMILES string of the molecule is Cn1c(-c2ccccc2O)nc2c(-c3cccc(-c4cc(-c5ccc(-c6ccccc6)cc5)ccn4)c3)ccc(-c3ccccc3)c21. The highest BCUT2D eigenvalue weighted by molar-refractivity contribution is 6.03. The van der Waals surface area contributed by atoms with Crippen molar-refractivity contribution in [2.24, 2.45) is 7.05 Å². The van der Waals surface area contributed by atoms with Crippen molar-refractivity contribution in [2.45, 2.75) is 0 Å².